The minimum Gasteiger partial charge on any atom is -0.459 e. The van der Waals surface area contributed by atoms with Crippen LogP contribution in [0.3, 0.4) is 0 Å². The number of hydrogen-bond acceptors (Lipinski definition) is 5. The van der Waals surface area contributed by atoms with E-state index in [1.807, 2.05) is 13.0 Å². The molecule has 5 heteroatoms. The van der Waals surface area contributed by atoms with E-state index in [-0.39, 0.29) is 18.6 Å². The normalized spacial score (nSPS) is 37.4. The fraction of sp³-hybridized carbons (Fsp3) is 0.611. The summed E-state index contributed by atoms with van der Waals surface area (Å²) in [6.45, 7) is 5.26. The average molecular weight is 324 g/mol. The number of esters is 1. The van der Waals surface area contributed by atoms with Gasteiger partial charge in [0, 0.05) is 25.7 Å². The van der Waals surface area contributed by atoms with E-state index in [1.165, 1.54) is 12.2 Å². The lowest BCUT2D eigenvalue weighted by Crippen LogP contribution is -2.27. The van der Waals surface area contributed by atoms with Crippen LogP contribution >= 0.6 is 0 Å². The van der Waals surface area contributed by atoms with Crippen LogP contribution in [0, 0.1) is 5.92 Å². The molecular formula is C18H28O5. The van der Waals surface area contributed by atoms with Gasteiger partial charge >= 0.3 is 5.97 Å². The van der Waals surface area contributed by atoms with E-state index in [2.05, 4.69) is 0 Å². The summed E-state index contributed by atoms with van der Waals surface area (Å²) in [6.07, 6.45) is 8.82. The first-order chi connectivity index (χ1) is 10.8. The molecule has 0 radical (unpaired) electrons. The molecule has 23 heavy (non-hydrogen) atoms. The van der Waals surface area contributed by atoms with Crippen LogP contribution in [0.1, 0.15) is 33.6 Å². The summed E-state index contributed by atoms with van der Waals surface area (Å²) in [5.41, 5.74) is -0.248. The summed E-state index contributed by atoms with van der Waals surface area (Å²) in [4.78, 5) is 11.8. The van der Waals surface area contributed by atoms with Gasteiger partial charge in [-0.15, -0.1) is 0 Å². The predicted octanol–water partition coefficient (Wildman–Crippen LogP) is 2.15. The highest BCUT2D eigenvalue weighted by Crippen LogP contribution is 2.19. The SMILES string of the molecule is COC1C=C[C@@](C)(O)/C=C/C(=O)O[C@H](C)[C@@H](CO)CC/C=C\1C. The Labute approximate surface area is 138 Å². The van der Waals surface area contributed by atoms with Gasteiger partial charge < -0.3 is 19.7 Å². The quantitative estimate of drug-likeness (QED) is 0.601. The number of hydrogen-bond donors (Lipinski definition) is 2. The molecule has 0 aliphatic carbocycles. The van der Waals surface area contributed by atoms with Crippen LogP contribution in [-0.2, 0) is 14.3 Å². The van der Waals surface area contributed by atoms with Crippen molar-refractivity contribution in [3.63, 3.8) is 0 Å². The van der Waals surface area contributed by atoms with Crippen LogP contribution < -0.4 is 0 Å². The second-order valence-corrected chi connectivity index (χ2v) is 6.18. The van der Waals surface area contributed by atoms with Gasteiger partial charge in [0.2, 0.25) is 0 Å². The lowest BCUT2D eigenvalue weighted by atomic mass is 9.96. The molecule has 2 N–H and O–H groups in total. The summed E-state index contributed by atoms with van der Waals surface area (Å²) in [5.74, 6) is -0.659. The van der Waals surface area contributed by atoms with Gasteiger partial charge in [-0.25, -0.2) is 4.79 Å². The van der Waals surface area contributed by atoms with Crippen molar-refractivity contribution in [2.24, 2.45) is 5.92 Å². The van der Waals surface area contributed by atoms with Gasteiger partial charge in [-0.3, -0.25) is 0 Å². The molecule has 0 saturated carbocycles. The van der Waals surface area contributed by atoms with E-state index >= 15 is 0 Å². The number of ether oxygens (including phenoxy) is 2. The second kappa shape index (κ2) is 9.01. The molecule has 1 aliphatic heterocycles. The lowest BCUT2D eigenvalue weighted by Gasteiger charge is -2.22. The molecule has 0 fully saturated rings. The van der Waals surface area contributed by atoms with Crippen molar-refractivity contribution in [3.8, 4) is 0 Å². The fourth-order valence-electron chi connectivity index (χ4n) is 2.43. The monoisotopic (exact) mass is 324 g/mol. The third-order valence-electron chi connectivity index (χ3n) is 4.07. The molecule has 0 aromatic rings. The van der Waals surface area contributed by atoms with E-state index in [9.17, 15) is 15.0 Å². The Morgan fingerprint density at radius 3 is 2.74 bits per heavy atom. The number of aliphatic hydroxyl groups is 2. The van der Waals surface area contributed by atoms with Crippen molar-refractivity contribution in [1.82, 2.24) is 0 Å². The molecule has 0 bridgehead atoms. The van der Waals surface area contributed by atoms with Gasteiger partial charge in [0.05, 0.1) is 11.7 Å². The molecule has 0 spiro atoms. The summed E-state index contributed by atoms with van der Waals surface area (Å²) < 4.78 is 10.7. The molecule has 1 heterocycles. The molecule has 130 valence electrons. The molecule has 0 saturated heterocycles. The highest BCUT2D eigenvalue weighted by Gasteiger charge is 2.21. The van der Waals surface area contributed by atoms with Gasteiger partial charge in [0.25, 0.3) is 0 Å². The maximum absolute atomic E-state index is 11.8. The molecule has 0 amide bonds. The molecule has 1 aliphatic rings. The van der Waals surface area contributed by atoms with Crippen molar-refractivity contribution in [1.29, 1.82) is 0 Å². The van der Waals surface area contributed by atoms with Crippen LogP contribution in [0.4, 0.5) is 0 Å². The standard InChI is InChI=1S/C18H28O5/c1-13-6-5-7-15(12-19)14(2)23-17(20)9-11-18(3,21)10-8-16(13)22-4/h6,8-11,14-16,19,21H,5,7,12H2,1-4H3/b10-8?,11-9+,13-6-/t14-,15-,16?,18-/m1/s1. The second-order valence-electron chi connectivity index (χ2n) is 6.18. The largest absolute Gasteiger partial charge is 0.459 e. The molecular weight excluding hydrogens is 296 g/mol. The molecule has 0 aromatic carbocycles. The van der Waals surface area contributed by atoms with E-state index in [0.717, 1.165) is 12.0 Å². The van der Waals surface area contributed by atoms with Gasteiger partial charge in [-0.1, -0.05) is 18.2 Å². The van der Waals surface area contributed by atoms with E-state index in [0.29, 0.717) is 6.42 Å². The van der Waals surface area contributed by atoms with E-state index < -0.39 is 17.7 Å². The summed E-state index contributed by atoms with van der Waals surface area (Å²) in [6, 6.07) is 0. The lowest BCUT2D eigenvalue weighted by molar-refractivity contribution is -0.145. The van der Waals surface area contributed by atoms with Crippen molar-refractivity contribution in [2.75, 3.05) is 13.7 Å². The highest BCUT2D eigenvalue weighted by atomic mass is 16.5. The molecule has 0 aromatic heterocycles. The Kier molecular flexibility index (Phi) is 7.68. The fourth-order valence-corrected chi connectivity index (χ4v) is 2.43. The Balaban J connectivity index is 3.07. The van der Waals surface area contributed by atoms with Crippen molar-refractivity contribution >= 4 is 5.97 Å². The van der Waals surface area contributed by atoms with Crippen LogP contribution in [0.15, 0.2) is 36.0 Å². The minimum atomic E-state index is -1.28. The van der Waals surface area contributed by atoms with Gasteiger partial charge in [0.15, 0.2) is 0 Å². The molecule has 4 atom stereocenters. The topological polar surface area (TPSA) is 76.0 Å². The van der Waals surface area contributed by atoms with Crippen LogP contribution in [0.5, 0.6) is 0 Å². The van der Waals surface area contributed by atoms with Gasteiger partial charge in [-0.2, -0.15) is 0 Å². The minimum absolute atomic E-state index is 0.0453. The van der Waals surface area contributed by atoms with Crippen LogP contribution in [0.2, 0.25) is 0 Å². The third-order valence-corrected chi connectivity index (χ3v) is 4.07. The Bertz CT molecular complexity index is 476. The first-order valence-electron chi connectivity index (χ1n) is 7.91. The maximum atomic E-state index is 11.8. The predicted molar refractivity (Wildman–Crippen MR) is 88.8 cm³/mol. The summed E-state index contributed by atoms with van der Waals surface area (Å²) >= 11 is 0. The zero-order valence-electron chi connectivity index (χ0n) is 14.4. The first kappa shape index (κ1) is 19.6. The van der Waals surface area contributed by atoms with E-state index in [1.54, 1.807) is 33.1 Å². The van der Waals surface area contributed by atoms with Crippen molar-refractivity contribution in [2.45, 2.75) is 51.4 Å². The average Bonchev–Trinajstić information content (AvgIpc) is 2.49. The zero-order valence-corrected chi connectivity index (χ0v) is 14.4. The van der Waals surface area contributed by atoms with E-state index in [4.69, 9.17) is 9.47 Å². The Hall–Kier alpha value is -1.43. The number of aliphatic hydroxyl groups excluding tert-OH is 1. The highest BCUT2D eigenvalue weighted by molar-refractivity contribution is 5.82. The Morgan fingerprint density at radius 1 is 1.43 bits per heavy atom. The summed E-state index contributed by atoms with van der Waals surface area (Å²) in [5, 5.41) is 19.8. The van der Waals surface area contributed by atoms with Gasteiger partial charge in [0.1, 0.15) is 6.10 Å². The van der Waals surface area contributed by atoms with Crippen LogP contribution in [-0.4, -0.2) is 47.7 Å². The summed E-state index contributed by atoms with van der Waals surface area (Å²) in [7, 11) is 1.61. The number of carbonyl (C=O) groups is 1. The number of carbonyl (C=O) groups excluding carboxylic acids is 1. The number of methoxy groups -OCH3 is 1. The number of rotatable bonds is 2. The molecule has 1 rings (SSSR count). The van der Waals surface area contributed by atoms with Gasteiger partial charge in [-0.05, 0) is 45.3 Å². The molecule has 5 nitrogen and oxygen atoms in total. The van der Waals surface area contributed by atoms with Crippen LogP contribution in [0.25, 0.3) is 0 Å². The third kappa shape index (κ3) is 6.69. The smallest absolute Gasteiger partial charge is 0.330 e. The maximum Gasteiger partial charge on any atom is 0.330 e. The zero-order chi connectivity index (χ0) is 17.5. The van der Waals surface area contributed by atoms with Crippen molar-refractivity contribution in [3.05, 3.63) is 36.0 Å². The number of cyclic esters (lactones) is 1. The molecule has 1 unspecified atom stereocenters. The first-order valence-corrected chi connectivity index (χ1v) is 7.91. The van der Waals surface area contributed by atoms with Crippen molar-refractivity contribution < 1.29 is 24.5 Å². The Morgan fingerprint density at radius 2 is 2.13 bits per heavy atom. The number of allylic oxidation sites excluding steroid dienone is 1.